The molecule has 0 atom stereocenters. The number of furan rings is 1. The summed E-state index contributed by atoms with van der Waals surface area (Å²) in [5.41, 5.74) is 3.90. The fourth-order valence-electron chi connectivity index (χ4n) is 1.96. The Balaban J connectivity index is 2.07. The molecule has 2 N–H and O–H groups in total. The number of aromatic amines is 1. The van der Waals surface area contributed by atoms with Gasteiger partial charge in [-0.1, -0.05) is 18.2 Å². The van der Waals surface area contributed by atoms with Gasteiger partial charge in [-0.2, -0.15) is 5.10 Å². The highest BCUT2D eigenvalue weighted by atomic mass is 16.3. The average Bonchev–Trinajstić information content (AvgIpc) is 2.95. The fourth-order valence-corrected chi connectivity index (χ4v) is 1.96. The van der Waals surface area contributed by atoms with Crippen molar-refractivity contribution >= 4 is 11.0 Å². The van der Waals surface area contributed by atoms with Crippen LogP contribution in [-0.2, 0) is 6.54 Å². The lowest BCUT2D eigenvalue weighted by molar-refractivity contribution is 0.617. The molecule has 3 aromatic rings. The van der Waals surface area contributed by atoms with E-state index in [1.165, 1.54) is 0 Å². The van der Waals surface area contributed by atoms with Crippen LogP contribution in [0, 0.1) is 0 Å². The zero-order valence-corrected chi connectivity index (χ0v) is 9.53. The molecule has 17 heavy (non-hydrogen) atoms. The molecule has 3 rings (SSSR count). The van der Waals surface area contributed by atoms with E-state index in [2.05, 4.69) is 15.5 Å². The van der Waals surface area contributed by atoms with Crippen molar-refractivity contribution < 1.29 is 4.42 Å². The lowest BCUT2D eigenvalue weighted by atomic mass is 10.1. The van der Waals surface area contributed by atoms with Crippen molar-refractivity contribution in [2.45, 2.75) is 6.54 Å². The van der Waals surface area contributed by atoms with E-state index >= 15 is 0 Å². The van der Waals surface area contributed by atoms with E-state index in [1.807, 2.05) is 37.4 Å². The predicted molar refractivity (Wildman–Crippen MR) is 66.6 cm³/mol. The highest BCUT2D eigenvalue weighted by Crippen LogP contribution is 2.29. The highest BCUT2D eigenvalue weighted by Gasteiger charge is 2.10. The summed E-state index contributed by atoms with van der Waals surface area (Å²) in [6.07, 6.45) is 1.75. The van der Waals surface area contributed by atoms with Gasteiger partial charge >= 0.3 is 0 Å². The Morgan fingerprint density at radius 3 is 3.12 bits per heavy atom. The third-order valence-corrected chi connectivity index (χ3v) is 2.76. The van der Waals surface area contributed by atoms with Crippen molar-refractivity contribution in [2.24, 2.45) is 0 Å². The summed E-state index contributed by atoms with van der Waals surface area (Å²) >= 11 is 0. The molecule has 0 spiro atoms. The van der Waals surface area contributed by atoms with Crippen LogP contribution >= 0.6 is 0 Å². The first-order valence-electron chi connectivity index (χ1n) is 5.54. The lowest BCUT2D eigenvalue weighted by Crippen LogP contribution is -2.04. The standard InChI is InChI=1S/C13H13N3O/c1-14-7-9-6-12(16-15-9)11-8-17-13-5-3-2-4-10(11)13/h2-6,8,14H,7H2,1H3,(H,15,16). The Kier molecular flexibility index (Phi) is 2.42. The Morgan fingerprint density at radius 1 is 1.35 bits per heavy atom. The summed E-state index contributed by atoms with van der Waals surface area (Å²) in [4.78, 5) is 0. The number of H-pyrrole nitrogens is 1. The molecule has 0 bridgehead atoms. The average molecular weight is 227 g/mol. The number of para-hydroxylation sites is 1. The van der Waals surface area contributed by atoms with Crippen molar-refractivity contribution in [3.05, 3.63) is 42.3 Å². The van der Waals surface area contributed by atoms with Gasteiger partial charge in [0, 0.05) is 23.2 Å². The smallest absolute Gasteiger partial charge is 0.134 e. The zero-order valence-electron chi connectivity index (χ0n) is 9.53. The van der Waals surface area contributed by atoms with Gasteiger partial charge in [0.25, 0.3) is 0 Å². The molecule has 2 aromatic heterocycles. The fraction of sp³-hybridized carbons (Fsp3) is 0.154. The maximum Gasteiger partial charge on any atom is 0.134 e. The molecule has 0 aliphatic heterocycles. The molecular weight excluding hydrogens is 214 g/mol. The second-order valence-corrected chi connectivity index (χ2v) is 3.95. The third kappa shape index (κ3) is 1.72. The van der Waals surface area contributed by atoms with Crippen LogP contribution in [0.1, 0.15) is 5.69 Å². The first-order valence-corrected chi connectivity index (χ1v) is 5.54. The van der Waals surface area contributed by atoms with E-state index in [-0.39, 0.29) is 0 Å². The van der Waals surface area contributed by atoms with Crippen LogP contribution in [0.2, 0.25) is 0 Å². The molecule has 4 nitrogen and oxygen atoms in total. The summed E-state index contributed by atoms with van der Waals surface area (Å²) in [7, 11) is 1.91. The normalized spacial score (nSPS) is 11.1. The number of nitrogens with one attached hydrogen (secondary N) is 2. The SMILES string of the molecule is CNCc1cc(-c2coc3ccccc23)n[nH]1. The Hall–Kier alpha value is -2.07. The van der Waals surface area contributed by atoms with E-state index < -0.39 is 0 Å². The van der Waals surface area contributed by atoms with Crippen molar-refractivity contribution in [2.75, 3.05) is 7.05 Å². The highest BCUT2D eigenvalue weighted by molar-refractivity contribution is 5.92. The van der Waals surface area contributed by atoms with Crippen molar-refractivity contribution in [1.29, 1.82) is 0 Å². The van der Waals surface area contributed by atoms with Gasteiger partial charge in [-0.05, 0) is 19.2 Å². The second kappa shape index (κ2) is 4.07. The van der Waals surface area contributed by atoms with Crippen LogP contribution in [0.15, 0.2) is 41.0 Å². The summed E-state index contributed by atoms with van der Waals surface area (Å²) < 4.78 is 5.50. The molecule has 0 fully saturated rings. The first kappa shape index (κ1) is 10.1. The molecule has 2 heterocycles. The minimum Gasteiger partial charge on any atom is -0.464 e. The largest absolute Gasteiger partial charge is 0.464 e. The maximum absolute atomic E-state index is 5.50. The molecule has 4 heteroatoms. The lowest BCUT2D eigenvalue weighted by Gasteiger charge is -1.91. The van der Waals surface area contributed by atoms with Crippen molar-refractivity contribution in [1.82, 2.24) is 15.5 Å². The van der Waals surface area contributed by atoms with Crippen molar-refractivity contribution in [3.8, 4) is 11.3 Å². The van der Waals surface area contributed by atoms with Gasteiger partial charge in [0.1, 0.15) is 11.8 Å². The number of rotatable bonds is 3. The van der Waals surface area contributed by atoms with E-state index in [4.69, 9.17) is 4.42 Å². The number of aromatic nitrogens is 2. The van der Waals surface area contributed by atoms with Crippen LogP contribution in [0.25, 0.3) is 22.2 Å². The van der Waals surface area contributed by atoms with Gasteiger partial charge in [0.05, 0.1) is 5.69 Å². The van der Waals surface area contributed by atoms with Gasteiger partial charge < -0.3 is 9.73 Å². The number of fused-ring (bicyclic) bond motifs is 1. The second-order valence-electron chi connectivity index (χ2n) is 3.95. The molecule has 0 saturated carbocycles. The Bertz CT molecular complexity index is 639. The predicted octanol–water partition coefficient (Wildman–Crippen LogP) is 2.54. The van der Waals surface area contributed by atoms with Gasteiger partial charge in [-0.3, -0.25) is 5.10 Å². The van der Waals surface area contributed by atoms with E-state index in [0.717, 1.165) is 34.5 Å². The molecule has 1 aromatic carbocycles. The molecule has 0 unspecified atom stereocenters. The van der Waals surface area contributed by atoms with Crippen LogP contribution < -0.4 is 5.32 Å². The molecule has 0 saturated heterocycles. The Labute approximate surface area is 98.6 Å². The van der Waals surface area contributed by atoms with Gasteiger partial charge in [-0.15, -0.1) is 0 Å². The summed E-state index contributed by atoms with van der Waals surface area (Å²) in [5.74, 6) is 0. The van der Waals surface area contributed by atoms with Gasteiger partial charge in [0.15, 0.2) is 0 Å². The van der Waals surface area contributed by atoms with E-state index in [0.29, 0.717) is 0 Å². The van der Waals surface area contributed by atoms with Gasteiger partial charge in [-0.25, -0.2) is 0 Å². The van der Waals surface area contributed by atoms with E-state index in [1.54, 1.807) is 6.26 Å². The zero-order chi connectivity index (χ0) is 11.7. The maximum atomic E-state index is 5.50. The molecule has 86 valence electrons. The first-order chi connectivity index (χ1) is 8.38. The summed E-state index contributed by atoms with van der Waals surface area (Å²) in [6.45, 7) is 0.781. The molecule has 0 aliphatic carbocycles. The number of hydrogen-bond acceptors (Lipinski definition) is 3. The molecule has 0 radical (unpaired) electrons. The quantitative estimate of drug-likeness (QED) is 0.723. The van der Waals surface area contributed by atoms with Crippen molar-refractivity contribution in [3.63, 3.8) is 0 Å². The minimum absolute atomic E-state index is 0.781. The van der Waals surface area contributed by atoms with Crippen LogP contribution in [-0.4, -0.2) is 17.2 Å². The molecule has 0 aliphatic rings. The topological polar surface area (TPSA) is 53.9 Å². The number of hydrogen-bond donors (Lipinski definition) is 2. The number of nitrogens with zero attached hydrogens (tertiary/aromatic N) is 1. The molecular formula is C13H13N3O. The van der Waals surface area contributed by atoms with Crippen LogP contribution in [0.3, 0.4) is 0 Å². The van der Waals surface area contributed by atoms with Gasteiger partial charge in [0.2, 0.25) is 0 Å². The monoisotopic (exact) mass is 227 g/mol. The van der Waals surface area contributed by atoms with Crippen LogP contribution in [0.5, 0.6) is 0 Å². The summed E-state index contributed by atoms with van der Waals surface area (Å²) in [6, 6.07) is 10.0. The van der Waals surface area contributed by atoms with Crippen LogP contribution in [0.4, 0.5) is 0 Å². The Morgan fingerprint density at radius 2 is 2.24 bits per heavy atom. The summed E-state index contributed by atoms with van der Waals surface area (Å²) in [5, 5.41) is 11.5. The van der Waals surface area contributed by atoms with E-state index in [9.17, 15) is 0 Å². The minimum atomic E-state index is 0.781. The third-order valence-electron chi connectivity index (χ3n) is 2.76. The molecule has 0 amide bonds. The number of benzene rings is 1.